The fourth-order valence-electron chi connectivity index (χ4n) is 0.226. The van der Waals surface area contributed by atoms with Crippen molar-refractivity contribution >= 4 is 5.71 Å². The molecular formula is C11H9NO3W-4. The Morgan fingerprint density at radius 1 is 1.31 bits per heavy atom. The molecule has 0 unspecified atom stereocenters. The molecule has 0 bridgehead atoms. The van der Waals surface area contributed by atoms with Gasteiger partial charge in [-0.25, -0.2) is 0 Å². The van der Waals surface area contributed by atoms with Crippen LogP contribution in [-0.2, 0) is 30.4 Å². The molecular weight excluding hydrogens is 378 g/mol. The molecule has 0 saturated carbocycles. The summed E-state index contributed by atoms with van der Waals surface area (Å²) in [5, 5.41) is 9.38. The van der Waals surface area contributed by atoms with Crippen LogP contribution in [0.25, 0.3) is 0 Å². The van der Waals surface area contributed by atoms with Crippen molar-refractivity contribution in [3.63, 3.8) is 0 Å². The average Bonchev–Trinajstić information content (AvgIpc) is 2.92. The maximum absolute atomic E-state index is 7.50. The van der Waals surface area contributed by atoms with Gasteiger partial charge in [0, 0.05) is 21.1 Å². The SMILES string of the molecule is C=CC(C)=N[OH2+].[C-]#[O+].[C-]#[O+].[W].[c-]1[c-][c-][cH-][c-]1. The number of hydrogen-bond donors (Lipinski definition) is 0. The van der Waals surface area contributed by atoms with Crippen LogP contribution in [-0.4, -0.2) is 10.9 Å². The van der Waals surface area contributed by atoms with E-state index in [2.05, 4.69) is 49.3 Å². The third-order valence-corrected chi connectivity index (χ3v) is 0.823. The van der Waals surface area contributed by atoms with E-state index in [1.807, 2.05) is 0 Å². The van der Waals surface area contributed by atoms with E-state index < -0.39 is 0 Å². The van der Waals surface area contributed by atoms with Gasteiger partial charge in [0.05, 0.1) is 5.16 Å². The molecule has 86 valence electrons. The molecule has 0 amide bonds. The van der Waals surface area contributed by atoms with Crippen molar-refractivity contribution in [2.45, 2.75) is 6.92 Å². The molecule has 1 aromatic rings. The normalized spacial score (nSPS) is 6.94. The zero-order valence-corrected chi connectivity index (χ0v) is 11.5. The van der Waals surface area contributed by atoms with Crippen molar-refractivity contribution in [2.24, 2.45) is 5.16 Å². The minimum absolute atomic E-state index is 0. The second-order valence-corrected chi connectivity index (χ2v) is 1.64. The molecule has 0 saturated heterocycles. The molecule has 1 aromatic carbocycles. The summed E-state index contributed by atoms with van der Waals surface area (Å²) in [4.78, 5) is 0. The Morgan fingerprint density at radius 3 is 1.75 bits per heavy atom. The first-order chi connectivity index (χ1) is 7.31. The molecule has 0 heterocycles. The van der Waals surface area contributed by atoms with Gasteiger partial charge in [-0.05, 0) is 13.0 Å². The van der Waals surface area contributed by atoms with Crippen LogP contribution in [0.3, 0.4) is 0 Å². The topological polar surface area (TPSA) is 75.1 Å². The number of nitrogens with zero attached hydrogens (tertiary/aromatic N) is 1. The maximum atomic E-state index is 7.50. The summed E-state index contributed by atoms with van der Waals surface area (Å²) in [5.74, 6) is 0. The van der Waals surface area contributed by atoms with Crippen molar-refractivity contribution in [3.05, 3.63) is 56.3 Å². The average molecular weight is 387 g/mol. The van der Waals surface area contributed by atoms with Gasteiger partial charge in [0.15, 0.2) is 0 Å². The minimum Gasteiger partial charge on any atom is -0.999 e. The van der Waals surface area contributed by atoms with Gasteiger partial charge < -0.3 is 35.5 Å². The summed E-state index contributed by atoms with van der Waals surface area (Å²) in [5.41, 5.74) is 0.648. The number of hydrogen-bond acceptors (Lipinski definition) is 1. The van der Waals surface area contributed by atoms with E-state index in [9.17, 15) is 0 Å². The summed E-state index contributed by atoms with van der Waals surface area (Å²) < 4.78 is 15.0. The van der Waals surface area contributed by atoms with Crippen molar-refractivity contribution < 1.29 is 35.6 Å². The maximum Gasteiger partial charge on any atom is 0 e. The molecule has 0 radical (unpaired) electrons. The van der Waals surface area contributed by atoms with Crippen molar-refractivity contribution in [2.75, 3.05) is 0 Å². The van der Waals surface area contributed by atoms with E-state index in [0.717, 1.165) is 0 Å². The fraction of sp³-hybridized carbons (Fsp3) is 0.0909. The second-order valence-electron chi connectivity index (χ2n) is 1.64. The van der Waals surface area contributed by atoms with Crippen LogP contribution in [0, 0.1) is 37.6 Å². The Kier molecular flexibility index (Phi) is 44.0. The van der Waals surface area contributed by atoms with Gasteiger partial charge in [-0.1, -0.05) is 6.58 Å². The first kappa shape index (κ1) is 24.1. The fourth-order valence-corrected chi connectivity index (χ4v) is 0.226. The van der Waals surface area contributed by atoms with Crippen molar-refractivity contribution in [3.8, 4) is 0 Å². The van der Waals surface area contributed by atoms with Gasteiger partial charge in [0.1, 0.15) is 5.71 Å². The van der Waals surface area contributed by atoms with Gasteiger partial charge in [0.2, 0.25) is 0 Å². The smallest absolute Gasteiger partial charge is 0 e. The molecule has 0 aliphatic carbocycles. The van der Waals surface area contributed by atoms with Gasteiger partial charge in [-0.3, -0.25) is 0 Å². The summed E-state index contributed by atoms with van der Waals surface area (Å²) in [6.07, 6.45) is 1.53. The zero-order valence-electron chi connectivity index (χ0n) is 8.53. The van der Waals surface area contributed by atoms with Gasteiger partial charge >= 0.3 is 22.6 Å². The Hall–Kier alpha value is -1.27. The van der Waals surface area contributed by atoms with Gasteiger partial charge in [-0.15, -0.1) is 0 Å². The molecule has 0 aromatic heterocycles. The molecule has 16 heavy (non-hydrogen) atoms. The van der Waals surface area contributed by atoms with Crippen LogP contribution in [0.2, 0.25) is 0 Å². The Balaban J connectivity index is -0.0000000658. The zero-order chi connectivity index (χ0) is 12.5. The van der Waals surface area contributed by atoms with Crippen LogP contribution in [0.15, 0.2) is 23.9 Å². The van der Waals surface area contributed by atoms with Crippen LogP contribution >= 0.6 is 0 Å². The first-order valence-corrected chi connectivity index (χ1v) is 3.38. The van der Waals surface area contributed by atoms with E-state index in [1.165, 1.54) is 6.08 Å². The van der Waals surface area contributed by atoms with Crippen LogP contribution in [0.1, 0.15) is 6.92 Å². The molecule has 4 nitrogen and oxygen atoms in total. The van der Waals surface area contributed by atoms with Crippen LogP contribution in [0.5, 0.6) is 0 Å². The summed E-state index contributed by atoms with van der Waals surface area (Å²) in [6, 6.07) is 12.0. The molecule has 0 aliphatic rings. The Bertz CT molecular complexity index is 253. The monoisotopic (exact) mass is 387 g/mol. The molecule has 0 fully saturated rings. The second kappa shape index (κ2) is 29.2. The number of allylic oxidation sites excluding steroid dienone is 1. The molecule has 1 rings (SSSR count). The van der Waals surface area contributed by atoms with Crippen molar-refractivity contribution in [1.29, 1.82) is 0 Å². The quantitative estimate of drug-likeness (QED) is 0.296. The third kappa shape index (κ3) is 29.3. The predicted octanol–water partition coefficient (Wildman–Crippen LogP) is 0.802. The Morgan fingerprint density at radius 2 is 1.69 bits per heavy atom. The largest absolute Gasteiger partial charge is 0.999 e. The van der Waals surface area contributed by atoms with Gasteiger partial charge in [-0.2, -0.15) is 0 Å². The van der Waals surface area contributed by atoms with E-state index in [4.69, 9.17) is 14.5 Å². The van der Waals surface area contributed by atoms with E-state index in [0.29, 0.717) is 5.71 Å². The van der Waals surface area contributed by atoms with E-state index in [1.54, 1.807) is 13.0 Å². The summed E-state index contributed by atoms with van der Waals surface area (Å²) in [7, 11) is 0. The van der Waals surface area contributed by atoms with E-state index >= 15 is 0 Å². The number of rotatable bonds is 1. The van der Waals surface area contributed by atoms with Crippen LogP contribution < -0.4 is 0 Å². The summed E-state index contributed by atoms with van der Waals surface area (Å²) in [6.45, 7) is 14.1. The van der Waals surface area contributed by atoms with Gasteiger partial charge in [0.25, 0.3) is 0 Å². The predicted molar refractivity (Wildman–Crippen MR) is 52.2 cm³/mol. The first-order valence-electron chi connectivity index (χ1n) is 3.38. The molecule has 0 aliphatic heterocycles. The standard InChI is InChI=1S/C5H.C4H7NO.2CO.W/c1-2-4-5-3-1;1-3-4(2)5-6;2*1-2;/h1H;3,6H,1H2,2H3;;;/q-5;;;;/p+1. The Labute approximate surface area is 110 Å². The molecule has 0 atom stereocenters. The molecule has 0 spiro atoms. The van der Waals surface area contributed by atoms with Crippen molar-refractivity contribution in [1.82, 2.24) is 0 Å². The molecule has 5 heteroatoms. The summed E-state index contributed by atoms with van der Waals surface area (Å²) >= 11 is 0. The third-order valence-electron chi connectivity index (χ3n) is 0.823. The molecule has 2 N–H and O–H groups in total. The minimum atomic E-state index is 0. The van der Waals surface area contributed by atoms with Crippen LogP contribution in [0.4, 0.5) is 0 Å². The van der Waals surface area contributed by atoms with E-state index in [-0.39, 0.29) is 21.1 Å².